The number of aromatic carboxylic acids is 1. The molecular formula is C29H32N4O4. The van der Waals surface area contributed by atoms with E-state index in [1.807, 2.05) is 56.3 Å². The summed E-state index contributed by atoms with van der Waals surface area (Å²) in [5, 5.41) is 15.5. The molecule has 1 fully saturated rings. The first-order valence-electron chi connectivity index (χ1n) is 12.8. The van der Waals surface area contributed by atoms with Gasteiger partial charge in [0, 0.05) is 29.1 Å². The lowest BCUT2D eigenvalue weighted by Crippen LogP contribution is -2.43. The molecule has 2 heterocycles. The predicted molar refractivity (Wildman–Crippen MR) is 144 cm³/mol. The van der Waals surface area contributed by atoms with Crippen LogP contribution in [0.1, 0.15) is 56.8 Å². The Bertz CT molecular complexity index is 1440. The van der Waals surface area contributed by atoms with Crippen molar-refractivity contribution in [1.29, 1.82) is 0 Å². The summed E-state index contributed by atoms with van der Waals surface area (Å²) in [6.07, 6.45) is 5.13. The highest BCUT2D eigenvalue weighted by Crippen LogP contribution is 2.34. The summed E-state index contributed by atoms with van der Waals surface area (Å²) in [5.41, 5.74) is 8.79. The molecule has 8 heteroatoms. The molecule has 0 bridgehead atoms. The smallest absolute Gasteiger partial charge is 0.341 e. The summed E-state index contributed by atoms with van der Waals surface area (Å²) in [5.74, 6) is 0.212. The first-order chi connectivity index (χ1) is 17.7. The average Bonchev–Trinajstić information content (AvgIpc) is 3.50. The number of carboxylic acids is 1. The number of anilines is 2. The monoisotopic (exact) mass is 500 g/mol. The van der Waals surface area contributed by atoms with E-state index in [1.165, 1.54) is 10.9 Å². The molecule has 192 valence electrons. The number of carbonyl (C=O) groups excluding carboxylic acids is 1. The van der Waals surface area contributed by atoms with Crippen LogP contribution in [0.2, 0.25) is 0 Å². The maximum Gasteiger partial charge on any atom is 0.341 e. The van der Waals surface area contributed by atoms with Crippen molar-refractivity contribution in [3.05, 3.63) is 60.3 Å². The highest BCUT2D eigenvalue weighted by Gasteiger charge is 2.34. The predicted octanol–water partition coefficient (Wildman–Crippen LogP) is 6.13. The van der Waals surface area contributed by atoms with Crippen LogP contribution in [0.3, 0.4) is 0 Å². The van der Waals surface area contributed by atoms with Gasteiger partial charge in [0.1, 0.15) is 11.3 Å². The van der Waals surface area contributed by atoms with E-state index in [-0.39, 0.29) is 29.2 Å². The van der Waals surface area contributed by atoms with Gasteiger partial charge in [-0.2, -0.15) is 0 Å². The van der Waals surface area contributed by atoms with Crippen LogP contribution in [0.15, 0.2) is 59.1 Å². The number of nitrogen functional groups attached to an aromatic ring is 1. The topological polar surface area (TPSA) is 115 Å². The SMILES string of the molecule is CC1CCC(C(=O)N(c2nn(-c3ccc(-c4cc5cccc(N)c5o4)cc3)cc2C(=O)O)C(C)C)CC1. The van der Waals surface area contributed by atoms with Crippen LogP contribution in [-0.4, -0.2) is 32.8 Å². The molecule has 0 spiro atoms. The van der Waals surface area contributed by atoms with Gasteiger partial charge in [-0.25, -0.2) is 9.48 Å². The molecule has 1 amide bonds. The van der Waals surface area contributed by atoms with E-state index in [4.69, 9.17) is 10.2 Å². The Balaban J connectivity index is 1.46. The summed E-state index contributed by atoms with van der Waals surface area (Å²) in [6, 6.07) is 14.8. The van der Waals surface area contributed by atoms with E-state index in [0.717, 1.165) is 36.6 Å². The first kappa shape index (κ1) is 24.6. The molecule has 1 saturated carbocycles. The van der Waals surface area contributed by atoms with Crippen LogP contribution in [0.25, 0.3) is 28.0 Å². The van der Waals surface area contributed by atoms with E-state index in [9.17, 15) is 14.7 Å². The number of para-hydroxylation sites is 1. The van der Waals surface area contributed by atoms with Crippen LogP contribution < -0.4 is 10.6 Å². The van der Waals surface area contributed by atoms with Crippen molar-refractivity contribution in [3.63, 3.8) is 0 Å². The Morgan fingerprint density at radius 3 is 2.43 bits per heavy atom. The zero-order valence-electron chi connectivity index (χ0n) is 21.3. The summed E-state index contributed by atoms with van der Waals surface area (Å²) in [4.78, 5) is 27.3. The summed E-state index contributed by atoms with van der Waals surface area (Å²) < 4.78 is 7.48. The van der Waals surface area contributed by atoms with Crippen LogP contribution in [0, 0.1) is 11.8 Å². The molecule has 3 N–H and O–H groups in total. The van der Waals surface area contributed by atoms with Gasteiger partial charge in [-0.05, 0) is 81.8 Å². The number of nitrogens with zero attached hydrogens (tertiary/aromatic N) is 3. The second kappa shape index (κ2) is 9.76. The van der Waals surface area contributed by atoms with E-state index in [2.05, 4.69) is 12.0 Å². The molecule has 5 rings (SSSR count). The number of carboxylic acid groups (broad SMARTS) is 1. The molecular weight excluding hydrogens is 468 g/mol. The number of amides is 1. The third-order valence-electron chi connectivity index (χ3n) is 7.26. The fourth-order valence-corrected chi connectivity index (χ4v) is 5.14. The number of hydrogen-bond donors (Lipinski definition) is 2. The minimum absolute atomic E-state index is 0.00284. The Hall–Kier alpha value is -4.07. The van der Waals surface area contributed by atoms with E-state index < -0.39 is 5.97 Å². The maximum absolute atomic E-state index is 13.5. The van der Waals surface area contributed by atoms with E-state index in [1.54, 1.807) is 11.0 Å². The zero-order valence-corrected chi connectivity index (χ0v) is 21.3. The minimum Gasteiger partial charge on any atom is -0.477 e. The standard InChI is InChI=1S/C29H32N4O4/c1-17(2)33(28(34)20-9-7-18(3)8-10-20)27-23(29(35)36)16-32(31-27)22-13-11-19(12-14-22)25-15-21-5-4-6-24(30)26(21)37-25/h4-6,11-18,20H,7-10,30H2,1-3H3,(H,35,36). The first-order valence-corrected chi connectivity index (χ1v) is 12.8. The summed E-state index contributed by atoms with van der Waals surface area (Å²) in [6.45, 7) is 5.99. The number of hydrogen-bond acceptors (Lipinski definition) is 5. The van der Waals surface area contributed by atoms with E-state index in [0.29, 0.717) is 28.6 Å². The lowest BCUT2D eigenvalue weighted by molar-refractivity contribution is -0.124. The van der Waals surface area contributed by atoms with Crippen molar-refractivity contribution in [2.75, 3.05) is 10.6 Å². The molecule has 0 atom stereocenters. The molecule has 37 heavy (non-hydrogen) atoms. The van der Waals surface area contributed by atoms with Gasteiger partial charge in [0.05, 0.1) is 11.4 Å². The number of fused-ring (bicyclic) bond motifs is 1. The van der Waals surface area contributed by atoms with Crippen molar-refractivity contribution in [2.45, 2.75) is 52.5 Å². The van der Waals surface area contributed by atoms with Crippen molar-refractivity contribution in [1.82, 2.24) is 9.78 Å². The average molecular weight is 501 g/mol. The van der Waals surface area contributed by atoms with E-state index >= 15 is 0 Å². The number of benzene rings is 2. The second-order valence-corrected chi connectivity index (χ2v) is 10.3. The molecule has 8 nitrogen and oxygen atoms in total. The number of furan rings is 1. The highest BCUT2D eigenvalue weighted by molar-refractivity contribution is 6.02. The summed E-state index contributed by atoms with van der Waals surface area (Å²) >= 11 is 0. The molecule has 0 aliphatic heterocycles. The van der Waals surface area contributed by atoms with Crippen molar-refractivity contribution in [2.24, 2.45) is 11.8 Å². The fraction of sp³-hybridized carbons (Fsp3) is 0.345. The number of nitrogens with two attached hydrogens (primary N) is 1. The molecule has 2 aromatic heterocycles. The van der Waals surface area contributed by atoms with Gasteiger partial charge in [0.15, 0.2) is 11.4 Å². The van der Waals surface area contributed by atoms with Crippen molar-refractivity contribution in [3.8, 4) is 17.0 Å². The fourth-order valence-electron chi connectivity index (χ4n) is 5.14. The van der Waals surface area contributed by atoms with Gasteiger partial charge in [-0.1, -0.05) is 19.1 Å². The lowest BCUT2D eigenvalue weighted by Gasteiger charge is -2.32. The maximum atomic E-state index is 13.5. The molecule has 0 unspecified atom stereocenters. The second-order valence-electron chi connectivity index (χ2n) is 10.3. The van der Waals surface area contributed by atoms with Gasteiger partial charge in [0.25, 0.3) is 0 Å². The lowest BCUT2D eigenvalue weighted by atomic mass is 9.82. The molecule has 0 radical (unpaired) electrons. The Morgan fingerprint density at radius 2 is 1.81 bits per heavy atom. The molecule has 4 aromatic rings. The van der Waals surface area contributed by atoms with Crippen LogP contribution in [0.5, 0.6) is 0 Å². The Morgan fingerprint density at radius 1 is 1.11 bits per heavy atom. The molecule has 0 saturated heterocycles. The molecule has 1 aliphatic carbocycles. The van der Waals surface area contributed by atoms with Crippen molar-refractivity contribution < 1.29 is 19.1 Å². The Labute approximate surface area is 215 Å². The largest absolute Gasteiger partial charge is 0.477 e. The van der Waals surface area contributed by atoms with Gasteiger partial charge < -0.3 is 15.3 Å². The van der Waals surface area contributed by atoms with Gasteiger partial charge >= 0.3 is 5.97 Å². The Kier molecular flexibility index (Phi) is 6.50. The van der Waals surface area contributed by atoms with Crippen LogP contribution in [0.4, 0.5) is 11.5 Å². The number of rotatable bonds is 6. The highest BCUT2D eigenvalue weighted by atomic mass is 16.4. The van der Waals surface area contributed by atoms with Crippen LogP contribution in [-0.2, 0) is 4.79 Å². The molecule has 2 aromatic carbocycles. The number of carbonyl (C=O) groups is 2. The number of aromatic nitrogens is 2. The van der Waals surface area contributed by atoms with Crippen LogP contribution >= 0.6 is 0 Å². The van der Waals surface area contributed by atoms with Gasteiger partial charge in [0.2, 0.25) is 5.91 Å². The minimum atomic E-state index is -1.12. The van der Waals surface area contributed by atoms with Gasteiger partial charge in [-0.3, -0.25) is 9.69 Å². The summed E-state index contributed by atoms with van der Waals surface area (Å²) in [7, 11) is 0. The molecule has 1 aliphatic rings. The zero-order chi connectivity index (χ0) is 26.3. The third kappa shape index (κ3) is 4.71. The third-order valence-corrected chi connectivity index (χ3v) is 7.26. The van der Waals surface area contributed by atoms with Gasteiger partial charge in [-0.15, -0.1) is 5.10 Å². The normalized spacial score (nSPS) is 17.8. The van der Waals surface area contributed by atoms with Crippen molar-refractivity contribution >= 4 is 34.4 Å². The quantitative estimate of drug-likeness (QED) is 0.308.